The summed E-state index contributed by atoms with van der Waals surface area (Å²) in [6, 6.07) is 107. The number of fused-ring (bicyclic) bond motifs is 7. The Kier molecular flexibility index (Phi) is 10.6. The van der Waals surface area contributed by atoms with E-state index in [2.05, 4.69) is 302 Å². The monoisotopic (exact) mass is 975 g/mol. The van der Waals surface area contributed by atoms with Gasteiger partial charge in [-0.1, -0.05) is 267 Å². The van der Waals surface area contributed by atoms with Gasteiger partial charge >= 0.3 is 0 Å². The molecule has 0 saturated carbocycles. The normalized spacial score (nSPS) is 11.6. The van der Waals surface area contributed by atoms with Crippen molar-refractivity contribution in [2.75, 3.05) is 0 Å². The van der Waals surface area contributed by atoms with Gasteiger partial charge in [-0.15, -0.1) is 0 Å². The molecule has 0 fully saturated rings. The van der Waals surface area contributed by atoms with Crippen LogP contribution in [0.4, 0.5) is 0 Å². The highest BCUT2D eigenvalue weighted by Crippen LogP contribution is 2.43. The third-order valence-electron chi connectivity index (χ3n) is 16.1. The molecule has 1 nitrogen and oxygen atoms in total. The molecule has 14 aromatic carbocycles. The predicted octanol–water partition coefficient (Wildman–Crippen LogP) is 21.1. The van der Waals surface area contributed by atoms with Crippen LogP contribution >= 0.6 is 0 Å². The fraction of sp³-hybridized carbons (Fsp3) is 0. The van der Waals surface area contributed by atoms with Gasteiger partial charge in [0.05, 0.1) is 11.2 Å². The lowest BCUT2D eigenvalue weighted by Crippen LogP contribution is -1.95. The molecule has 0 atom stereocenters. The van der Waals surface area contributed by atoms with E-state index in [1.807, 2.05) is 0 Å². The van der Waals surface area contributed by atoms with Gasteiger partial charge in [0.25, 0.3) is 0 Å². The second-order valence-corrected chi connectivity index (χ2v) is 20.4. The zero-order valence-electron chi connectivity index (χ0n) is 42.2. The van der Waals surface area contributed by atoms with Gasteiger partial charge in [0, 0.05) is 22.5 Å². The van der Waals surface area contributed by atoms with Crippen molar-refractivity contribution in [3.05, 3.63) is 297 Å². The molecule has 0 spiro atoms. The van der Waals surface area contributed by atoms with Crippen LogP contribution in [0.25, 0.3) is 148 Å². The SMILES string of the molecule is c1ccc2c(-c3ccc(-c4ccc(-c5ccc6c(c5)c(-c5ccc(-c7ccc(-c8cccc9ccccc89)cc7)cc5)cn6-c5ccc(-c6cc7ccccc7c7ccccc67)c6ccccc56)cc4)cc3)cccc2c1. The van der Waals surface area contributed by atoms with Crippen molar-refractivity contribution in [2.24, 2.45) is 0 Å². The highest BCUT2D eigenvalue weighted by molar-refractivity contribution is 6.17. The molecule has 0 aliphatic carbocycles. The zero-order valence-corrected chi connectivity index (χ0v) is 42.2. The number of benzene rings is 14. The van der Waals surface area contributed by atoms with Crippen molar-refractivity contribution in [2.45, 2.75) is 0 Å². The van der Waals surface area contributed by atoms with Crippen molar-refractivity contribution >= 4 is 64.8 Å². The second kappa shape index (κ2) is 18.4. The van der Waals surface area contributed by atoms with Crippen molar-refractivity contribution in [3.8, 4) is 83.6 Å². The van der Waals surface area contributed by atoms with Crippen LogP contribution in [0.15, 0.2) is 297 Å². The maximum absolute atomic E-state index is 2.42. The molecule has 0 unspecified atom stereocenters. The third-order valence-corrected chi connectivity index (χ3v) is 16.1. The summed E-state index contributed by atoms with van der Waals surface area (Å²) in [5.41, 5.74) is 19.3. The molecule has 0 bridgehead atoms. The molecule has 15 rings (SSSR count). The Morgan fingerprint density at radius 3 is 1.12 bits per heavy atom. The van der Waals surface area contributed by atoms with Gasteiger partial charge in [-0.25, -0.2) is 0 Å². The van der Waals surface area contributed by atoms with Gasteiger partial charge < -0.3 is 4.57 Å². The minimum Gasteiger partial charge on any atom is -0.315 e. The van der Waals surface area contributed by atoms with Crippen LogP contribution < -0.4 is 0 Å². The summed E-state index contributed by atoms with van der Waals surface area (Å²) in [5.74, 6) is 0. The van der Waals surface area contributed by atoms with Crippen LogP contribution in [0.3, 0.4) is 0 Å². The summed E-state index contributed by atoms with van der Waals surface area (Å²) in [6.07, 6.45) is 2.36. The molecule has 1 aromatic heterocycles. The van der Waals surface area contributed by atoms with Gasteiger partial charge in [0.1, 0.15) is 0 Å². The molecule has 1 heterocycles. The highest BCUT2D eigenvalue weighted by atomic mass is 15.0. The van der Waals surface area contributed by atoms with E-state index in [0.29, 0.717) is 0 Å². The van der Waals surface area contributed by atoms with E-state index in [1.54, 1.807) is 0 Å². The van der Waals surface area contributed by atoms with Crippen molar-refractivity contribution in [1.29, 1.82) is 0 Å². The molecule has 0 aliphatic rings. The first kappa shape index (κ1) is 44.4. The smallest absolute Gasteiger partial charge is 0.0535 e. The summed E-state index contributed by atoms with van der Waals surface area (Å²) >= 11 is 0. The minimum atomic E-state index is 1.15. The van der Waals surface area contributed by atoms with Gasteiger partial charge in [-0.05, 0) is 145 Å². The van der Waals surface area contributed by atoms with Crippen LogP contribution in [0, 0.1) is 0 Å². The Bertz CT molecular complexity index is 4740. The van der Waals surface area contributed by atoms with Gasteiger partial charge in [0.15, 0.2) is 0 Å². The van der Waals surface area contributed by atoms with Crippen molar-refractivity contribution < 1.29 is 0 Å². The Labute approximate surface area is 447 Å². The van der Waals surface area contributed by atoms with Crippen LogP contribution in [-0.4, -0.2) is 4.57 Å². The highest BCUT2D eigenvalue weighted by Gasteiger charge is 2.19. The lowest BCUT2D eigenvalue weighted by Gasteiger charge is -2.16. The third kappa shape index (κ3) is 7.71. The van der Waals surface area contributed by atoms with E-state index < -0.39 is 0 Å². The van der Waals surface area contributed by atoms with Crippen LogP contribution in [0.5, 0.6) is 0 Å². The number of nitrogens with zero attached hydrogens (tertiary/aromatic N) is 1. The average molecular weight is 976 g/mol. The van der Waals surface area contributed by atoms with Gasteiger partial charge in [0.2, 0.25) is 0 Å². The number of rotatable bonds is 8. The molecule has 0 radical (unpaired) electrons. The van der Waals surface area contributed by atoms with Crippen LogP contribution in [0.2, 0.25) is 0 Å². The Balaban J connectivity index is 0.820. The Morgan fingerprint density at radius 2 is 0.571 bits per heavy atom. The zero-order chi connectivity index (χ0) is 50.8. The Morgan fingerprint density at radius 1 is 0.182 bits per heavy atom. The van der Waals surface area contributed by atoms with E-state index in [0.717, 1.165) is 11.2 Å². The van der Waals surface area contributed by atoms with Gasteiger partial charge in [-0.2, -0.15) is 0 Å². The lowest BCUT2D eigenvalue weighted by molar-refractivity contribution is 1.14. The topological polar surface area (TPSA) is 4.93 Å². The van der Waals surface area contributed by atoms with Crippen LogP contribution in [0.1, 0.15) is 0 Å². The summed E-state index contributed by atoms with van der Waals surface area (Å²) in [7, 11) is 0. The van der Waals surface area contributed by atoms with Crippen molar-refractivity contribution in [1.82, 2.24) is 4.57 Å². The van der Waals surface area contributed by atoms with E-state index >= 15 is 0 Å². The van der Waals surface area contributed by atoms with E-state index in [-0.39, 0.29) is 0 Å². The predicted molar refractivity (Wildman–Crippen MR) is 329 cm³/mol. The quantitative estimate of drug-likeness (QED) is 0.134. The fourth-order valence-electron chi connectivity index (χ4n) is 12.2. The Hall–Kier alpha value is -10.1. The van der Waals surface area contributed by atoms with Crippen molar-refractivity contribution in [3.63, 3.8) is 0 Å². The lowest BCUT2D eigenvalue weighted by atomic mass is 9.90. The standard InChI is InChI=1S/C76H49N/c1-4-18-62-55(13-1)16-11-25-64(62)57-37-31-51(32-38-57)50-27-29-54(30-28-50)60-43-45-76-73(47-60)74(59-41-35-53(36-42-59)52-33-39-58(40-34-52)65-26-12-17-56-14-2-5-19-63(56)65)49-77(76)75-46-44-70(68-22-9-10-24-71(68)75)72-48-61-15-3-6-20-66(61)67-21-7-8-23-69(67)72/h1-49H. The molecule has 0 amide bonds. The van der Waals surface area contributed by atoms with Crippen LogP contribution in [-0.2, 0) is 0 Å². The molecule has 0 N–H and O–H groups in total. The van der Waals surface area contributed by atoms with E-state index in [1.165, 1.54) is 137 Å². The van der Waals surface area contributed by atoms with Gasteiger partial charge in [-0.3, -0.25) is 0 Å². The first-order valence-electron chi connectivity index (χ1n) is 26.6. The van der Waals surface area contributed by atoms with E-state index in [4.69, 9.17) is 0 Å². The summed E-state index contributed by atoms with van der Waals surface area (Å²) < 4.78 is 2.42. The number of aromatic nitrogens is 1. The molecular weight excluding hydrogens is 927 g/mol. The molecule has 358 valence electrons. The first-order valence-corrected chi connectivity index (χ1v) is 26.6. The largest absolute Gasteiger partial charge is 0.315 e. The maximum atomic E-state index is 2.42. The molecule has 0 aliphatic heterocycles. The number of hydrogen-bond acceptors (Lipinski definition) is 0. The fourth-order valence-corrected chi connectivity index (χ4v) is 12.2. The maximum Gasteiger partial charge on any atom is 0.0535 e. The first-order chi connectivity index (χ1) is 38.2. The summed E-state index contributed by atoms with van der Waals surface area (Å²) in [5, 5.41) is 13.8. The molecule has 0 saturated heterocycles. The minimum absolute atomic E-state index is 1.15. The molecule has 15 aromatic rings. The molecule has 1 heteroatoms. The van der Waals surface area contributed by atoms with E-state index in [9.17, 15) is 0 Å². The number of hydrogen-bond donors (Lipinski definition) is 0. The second-order valence-electron chi connectivity index (χ2n) is 20.4. The summed E-state index contributed by atoms with van der Waals surface area (Å²) in [4.78, 5) is 0. The average Bonchev–Trinajstić information content (AvgIpc) is 3.95. The molecular formula is C76H49N. The molecule has 77 heavy (non-hydrogen) atoms. The summed E-state index contributed by atoms with van der Waals surface area (Å²) in [6.45, 7) is 0.